The third-order valence-electron chi connectivity index (χ3n) is 3.45. The van der Waals surface area contributed by atoms with Gasteiger partial charge in [0.2, 0.25) is 0 Å². The molecular weight excluding hydrogens is 230 g/mol. The molecule has 1 atom stereocenters. The zero-order valence-electron chi connectivity index (χ0n) is 9.80. The number of pyridine rings is 1. The van der Waals surface area contributed by atoms with Crippen LogP contribution in [0.1, 0.15) is 17.8 Å². The SMILES string of the molecule is NCc1cccn2c(CC3CCSC3)ncc12. The lowest BCUT2D eigenvalue weighted by Crippen LogP contribution is -2.07. The number of hydrogen-bond acceptors (Lipinski definition) is 3. The van der Waals surface area contributed by atoms with E-state index in [9.17, 15) is 0 Å². The molecule has 0 bridgehead atoms. The molecule has 0 spiro atoms. The fourth-order valence-electron chi connectivity index (χ4n) is 2.46. The molecule has 2 N–H and O–H groups in total. The van der Waals surface area contributed by atoms with Crippen molar-refractivity contribution in [3.05, 3.63) is 35.9 Å². The molecule has 0 amide bonds. The third-order valence-corrected chi connectivity index (χ3v) is 4.68. The molecule has 17 heavy (non-hydrogen) atoms. The highest BCUT2D eigenvalue weighted by atomic mass is 32.2. The molecule has 1 aliphatic rings. The van der Waals surface area contributed by atoms with Gasteiger partial charge in [0.1, 0.15) is 5.82 Å². The predicted molar refractivity (Wildman–Crippen MR) is 72.2 cm³/mol. The summed E-state index contributed by atoms with van der Waals surface area (Å²) in [7, 11) is 0. The Morgan fingerprint density at radius 3 is 3.24 bits per heavy atom. The van der Waals surface area contributed by atoms with Crippen LogP contribution < -0.4 is 5.73 Å². The number of aromatic nitrogens is 2. The summed E-state index contributed by atoms with van der Waals surface area (Å²) < 4.78 is 2.20. The summed E-state index contributed by atoms with van der Waals surface area (Å²) in [5.74, 6) is 4.57. The lowest BCUT2D eigenvalue weighted by Gasteiger charge is -2.08. The minimum Gasteiger partial charge on any atom is -0.326 e. The second kappa shape index (κ2) is 4.70. The first kappa shape index (κ1) is 11.1. The van der Waals surface area contributed by atoms with Gasteiger partial charge in [-0.25, -0.2) is 4.98 Å². The Balaban J connectivity index is 1.94. The van der Waals surface area contributed by atoms with Crippen LogP contribution in [0.25, 0.3) is 5.52 Å². The normalized spacial score (nSPS) is 20.2. The number of hydrogen-bond donors (Lipinski definition) is 1. The first-order valence-electron chi connectivity index (χ1n) is 6.10. The second-order valence-electron chi connectivity index (χ2n) is 4.60. The van der Waals surface area contributed by atoms with Crippen molar-refractivity contribution < 1.29 is 0 Å². The van der Waals surface area contributed by atoms with E-state index in [-0.39, 0.29) is 0 Å². The molecule has 3 heterocycles. The minimum absolute atomic E-state index is 0.578. The maximum Gasteiger partial charge on any atom is 0.113 e. The van der Waals surface area contributed by atoms with Gasteiger partial charge in [-0.15, -0.1) is 0 Å². The van der Waals surface area contributed by atoms with Crippen molar-refractivity contribution in [2.75, 3.05) is 11.5 Å². The van der Waals surface area contributed by atoms with Crippen molar-refractivity contribution in [1.82, 2.24) is 9.38 Å². The van der Waals surface area contributed by atoms with Crippen LogP contribution in [0.3, 0.4) is 0 Å². The first-order valence-corrected chi connectivity index (χ1v) is 7.25. The maximum atomic E-state index is 5.74. The largest absolute Gasteiger partial charge is 0.326 e. The van der Waals surface area contributed by atoms with E-state index in [1.165, 1.54) is 29.3 Å². The molecule has 0 aliphatic carbocycles. The first-order chi connectivity index (χ1) is 8.38. The zero-order valence-corrected chi connectivity index (χ0v) is 10.6. The number of imidazole rings is 1. The zero-order chi connectivity index (χ0) is 11.7. The van der Waals surface area contributed by atoms with Crippen LogP contribution >= 0.6 is 11.8 Å². The van der Waals surface area contributed by atoms with Gasteiger partial charge < -0.3 is 10.1 Å². The summed E-state index contributed by atoms with van der Waals surface area (Å²) in [5, 5.41) is 0. The van der Waals surface area contributed by atoms with Crippen molar-refractivity contribution in [2.45, 2.75) is 19.4 Å². The molecule has 0 aromatic carbocycles. The van der Waals surface area contributed by atoms with E-state index in [4.69, 9.17) is 5.73 Å². The highest BCUT2D eigenvalue weighted by Gasteiger charge is 2.18. The monoisotopic (exact) mass is 247 g/mol. The third kappa shape index (κ3) is 2.07. The fraction of sp³-hybridized carbons (Fsp3) is 0.462. The molecule has 1 saturated heterocycles. The molecule has 4 heteroatoms. The average Bonchev–Trinajstić information content (AvgIpc) is 2.99. The lowest BCUT2D eigenvalue weighted by molar-refractivity contribution is 0.574. The molecule has 3 rings (SSSR count). The Bertz CT molecular complexity index is 514. The van der Waals surface area contributed by atoms with Crippen LogP contribution in [0.5, 0.6) is 0 Å². The molecule has 1 unspecified atom stereocenters. The van der Waals surface area contributed by atoms with Crippen molar-refractivity contribution in [1.29, 1.82) is 0 Å². The minimum atomic E-state index is 0.578. The summed E-state index contributed by atoms with van der Waals surface area (Å²) in [6, 6.07) is 4.13. The summed E-state index contributed by atoms with van der Waals surface area (Å²) in [6.07, 6.45) is 6.48. The molecule has 90 valence electrons. The van der Waals surface area contributed by atoms with Crippen LogP contribution in [-0.2, 0) is 13.0 Å². The molecular formula is C13H17N3S. The second-order valence-corrected chi connectivity index (χ2v) is 5.75. The Labute approximate surface area is 105 Å². The molecule has 1 aliphatic heterocycles. The van der Waals surface area contributed by atoms with Crippen molar-refractivity contribution >= 4 is 17.3 Å². The maximum absolute atomic E-state index is 5.74. The van der Waals surface area contributed by atoms with E-state index in [0.717, 1.165) is 17.9 Å². The van der Waals surface area contributed by atoms with Crippen LogP contribution in [-0.4, -0.2) is 20.9 Å². The van der Waals surface area contributed by atoms with Gasteiger partial charge in [0.05, 0.1) is 11.7 Å². The van der Waals surface area contributed by atoms with Gasteiger partial charge >= 0.3 is 0 Å². The number of rotatable bonds is 3. The van der Waals surface area contributed by atoms with Crippen LogP contribution in [0.4, 0.5) is 0 Å². The Hall–Kier alpha value is -1.00. The quantitative estimate of drug-likeness (QED) is 0.903. The summed E-state index contributed by atoms with van der Waals surface area (Å²) in [4.78, 5) is 4.57. The van der Waals surface area contributed by atoms with Gasteiger partial charge in [-0.1, -0.05) is 6.07 Å². The van der Waals surface area contributed by atoms with E-state index in [1.807, 2.05) is 6.20 Å². The van der Waals surface area contributed by atoms with E-state index in [1.54, 1.807) is 0 Å². The van der Waals surface area contributed by atoms with Gasteiger partial charge in [0.25, 0.3) is 0 Å². The summed E-state index contributed by atoms with van der Waals surface area (Å²) >= 11 is 2.06. The van der Waals surface area contributed by atoms with Gasteiger partial charge in [0.15, 0.2) is 0 Å². The fourth-order valence-corrected chi connectivity index (χ4v) is 3.74. The topological polar surface area (TPSA) is 43.3 Å². The highest BCUT2D eigenvalue weighted by Crippen LogP contribution is 2.26. The van der Waals surface area contributed by atoms with E-state index in [0.29, 0.717) is 6.54 Å². The lowest BCUT2D eigenvalue weighted by atomic mass is 10.1. The van der Waals surface area contributed by atoms with E-state index in [2.05, 4.69) is 39.5 Å². The molecule has 1 fully saturated rings. The average molecular weight is 247 g/mol. The predicted octanol–water partition coefficient (Wildman–Crippen LogP) is 2.09. The van der Waals surface area contributed by atoms with Crippen LogP contribution in [0, 0.1) is 5.92 Å². The number of nitrogens with zero attached hydrogens (tertiary/aromatic N) is 2. The highest BCUT2D eigenvalue weighted by molar-refractivity contribution is 7.99. The Kier molecular flexibility index (Phi) is 3.07. The van der Waals surface area contributed by atoms with E-state index < -0.39 is 0 Å². The summed E-state index contributed by atoms with van der Waals surface area (Å²) in [6.45, 7) is 0.578. The number of nitrogens with two attached hydrogens (primary N) is 1. The van der Waals surface area contributed by atoms with E-state index >= 15 is 0 Å². The van der Waals surface area contributed by atoms with Gasteiger partial charge in [0, 0.05) is 19.2 Å². The van der Waals surface area contributed by atoms with Crippen molar-refractivity contribution in [2.24, 2.45) is 11.7 Å². The molecule has 2 aromatic heterocycles. The van der Waals surface area contributed by atoms with Gasteiger partial charge in [-0.3, -0.25) is 0 Å². The standard InChI is InChI=1S/C13H17N3S/c14-7-11-2-1-4-16-12(11)8-15-13(16)6-10-3-5-17-9-10/h1-2,4,8,10H,3,5-7,9,14H2. The Morgan fingerprint density at radius 1 is 1.53 bits per heavy atom. The summed E-state index contributed by atoms with van der Waals surface area (Å²) in [5.41, 5.74) is 8.08. The van der Waals surface area contributed by atoms with Gasteiger partial charge in [-0.2, -0.15) is 11.8 Å². The molecule has 0 saturated carbocycles. The van der Waals surface area contributed by atoms with Gasteiger partial charge in [-0.05, 0) is 35.5 Å². The molecule has 2 aromatic rings. The smallest absolute Gasteiger partial charge is 0.113 e. The number of thioether (sulfide) groups is 1. The van der Waals surface area contributed by atoms with Crippen LogP contribution in [0.2, 0.25) is 0 Å². The molecule has 3 nitrogen and oxygen atoms in total. The van der Waals surface area contributed by atoms with Crippen molar-refractivity contribution in [3.63, 3.8) is 0 Å². The molecule has 0 radical (unpaired) electrons. The van der Waals surface area contributed by atoms with Crippen molar-refractivity contribution in [3.8, 4) is 0 Å². The van der Waals surface area contributed by atoms with Crippen LogP contribution in [0.15, 0.2) is 24.5 Å². The Morgan fingerprint density at radius 2 is 2.47 bits per heavy atom. The number of fused-ring (bicyclic) bond motifs is 1.